The van der Waals surface area contributed by atoms with Gasteiger partial charge < -0.3 is 20.4 Å². The molecule has 1 rings (SSSR count). The molecule has 0 aromatic carbocycles. The van der Waals surface area contributed by atoms with Crippen molar-refractivity contribution in [1.29, 1.82) is 0 Å². The molecule has 0 aromatic rings. The molecule has 0 bridgehead atoms. The minimum absolute atomic E-state index is 0.0938. The molecule has 0 saturated heterocycles. The molecule has 0 aromatic heterocycles. The van der Waals surface area contributed by atoms with E-state index in [-0.39, 0.29) is 25.6 Å². The number of carbonyl (C=O) groups is 2. The molecular weight excluding hydrogens is 300 g/mol. The minimum atomic E-state index is -1.56. The normalized spacial score (nSPS) is 15.9. The highest BCUT2D eigenvalue weighted by Gasteiger charge is 2.52. The van der Waals surface area contributed by atoms with E-state index in [1.54, 1.807) is 0 Å². The van der Waals surface area contributed by atoms with Gasteiger partial charge in [0.05, 0.1) is 0 Å². The zero-order chi connectivity index (χ0) is 17.9. The van der Waals surface area contributed by atoms with Crippen molar-refractivity contribution in [3.8, 4) is 0 Å². The van der Waals surface area contributed by atoms with Crippen molar-refractivity contribution in [2.75, 3.05) is 13.2 Å². The Morgan fingerprint density at radius 2 is 1.48 bits per heavy atom. The Morgan fingerprint density at radius 3 is 1.78 bits per heavy atom. The van der Waals surface area contributed by atoms with Crippen LogP contribution in [0.1, 0.15) is 65.2 Å². The lowest BCUT2D eigenvalue weighted by molar-refractivity contribution is -0.171. The van der Waals surface area contributed by atoms with Crippen LogP contribution in [-0.4, -0.2) is 45.6 Å². The molecule has 0 heterocycles. The molecule has 1 saturated carbocycles. The topological polar surface area (TPSA) is 115 Å². The molecule has 1 aliphatic carbocycles. The van der Waals surface area contributed by atoms with Crippen LogP contribution >= 0.6 is 0 Å². The maximum atomic E-state index is 11.6. The second-order valence-corrected chi connectivity index (χ2v) is 6.65. The van der Waals surface area contributed by atoms with E-state index in [1.807, 2.05) is 13.8 Å². The predicted octanol–water partition coefficient (Wildman–Crippen LogP) is 2.52. The van der Waals surface area contributed by atoms with Crippen molar-refractivity contribution in [2.24, 2.45) is 17.3 Å². The average Bonchev–Trinajstić information content (AvgIpc) is 2.49. The highest BCUT2D eigenvalue weighted by Crippen LogP contribution is 2.43. The number of aliphatic carboxylic acids is 2. The summed E-state index contributed by atoms with van der Waals surface area (Å²) in [6.07, 6.45) is 5.86. The van der Waals surface area contributed by atoms with Gasteiger partial charge in [-0.1, -0.05) is 33.1 Å². The van der Waals surface area contributed by atoms with E-state index in [0.29, 0.717) is 18.8 Å². The fourth-order valence-electron chi connectivity index (χ4n) is 3.04. The number of aliphatic hydroxyl groups is 2. The van der Waals surface area contributed by atoms with Crippen molar-refractivity contribution >= 4 is 11.9 Å². The summed E-state index contributed by atoms with van der Waals surface area (Å²) in [6, 6.07) is 0. The molecule has 1 fully saturated rings. The summed E-state index contributed by atoms with van der Waals surface area (Å²) < 4.78 is 0. The Bertz CT molecular complexity index is 331. The smallest absolute Gasteiger partial charge is 0.321 e. The van der Waals surface area contributed by atoms with E-state index in [1.165, 1.54) is 0 Å². The third kappa shape index (κ3) is 6.87. The van der Waals surface area contributed by atoms with Gasteiger partial charge in [-0.05, 0) is 43.9 Å². The second-order valence-electron chi connectivity index (χ2n) is 6.65. The maximum Gasteiger partial charge on any atom is 0.321 e. The lowest BCUT2D eigenvalue weighted by Crippen LogP contribution is -2.46. The fourth-order valence-corrected chi connectivity index (χ4v) is 3.04. The number of carboxylic acids is 2. The first-order chi connectivity index (χ1) is 10.8. The standard InChI is InChI=1S/C14H24O4.C3H8O2/c1-10(2)8-9-14(12(15)16,13(17)18)11-6-4-3-5-7-11;4-2-1-3-5/h10-11H,3-9H2,1-2H3,(H,15,16)(H,17,18);4-5H,1-3H2. The van der Waals surface area contributed by atoms with Crippen LogP contribution in [0.25, 0.3) is 0 Å². The van der Waals surface area contributed by atoms with E-state index in [9.17, 15) is 19.8 Å². The predicted molar refractivity (Wildman–Crippen MR) is 87.1 cm³/mol. The van der Waals surface area contributed by atoms with Crippen molar-refractivity contribution in [1.82, 2.24) is 0 Å². The minimum Gasteiger partial charge on any atom is -0.480 e. The van der Waals surface area contributed by atoms with Crippen molar-refractivity contribution in [3.05, 3.63) is 0 Å². The van der Waals surface area contributed by atoms with Crippen molar-refractivity contribution in [2.45, 2.75) is 65.2 Å². The SMILES string of the molecule is CC(C)CCC(C(=O)O)(C(=O)O)C1CCCCC1.OCCCO. The molecule has 0 radical (unpaired) electrons. The molecule has 0 unspecified atom stereocenters. The third-order valence-electron chi connectivity index (χ3n) is 4.50. The first-order valence-electron chi connectivity index (χ1n) is 8.51. The van der Waals surface area contributed by atoms with E-state index >= 15 is 0 Å². The molecule has 0 atom stereocenters. The maximum absolute atomic E-state index is 11.6. The Labute approximate surface area is 138 Å². The van der Waals surface area contributed by atoms with Crippen LogP contribution in [0.5, 0.6) is 0 Å². The largest absolute Gasteiger partial charge is 0.480 e. The first-order valence-corrected chi connectivity index (χ1v) is 8.51. The number of aliphatic hydroxyl groups excluding tert-OH is 2. The van der Waals surface area contributed by atoms with Crippen LogP contribution in [-0.2, 0) is 9.59 Å². The molecule has 23 heavy (non-hydrogen) atoms. The summed E-state index contributed by atoms with van der Waals surface area (Å²) in [7, 11) is 0. The van der Waals surface area contributed by atoms with Crippen LogP contribution in [0.4, 0.5) is 0 Å². The fraction of sp³-hybridized carbons (Fsp3) is 0.882. The van der Waals surface area contributed by atoms with Gasteiger partial charge in [-0.3, -0.25) is 9.59 Å². The summed E-state index contributed by atoms with van der Waals surface area (Å²) >= 11 is 0. The first kappa shape index (κ1) is 21.9. The summed E-state index contributed by atoms with van der Waals surface area (Å²) in [5.41, 5.74) is -1.56. The Morgan fingerprint density at radius 1 is 1.00 bits per heavy atom. The van der Waals surface area contributed by atoms with Crippen LogP contribution in [0.2, 0.25) is 0 Å². The molecule has 1 aliphatic rings. The number of hydrogen-bond acceptors (Lipinski definition) is 4. The second kappa shape index (κ2) is 11.4. The van der Waals surface area contributed by atoms with Gasteiger partial charge in [0.1, 0.15) is 0 Å². The van der Waals surface area contributed by atoms with Crippen LogP contribution in [0.3, 0.4) is 0 Å². The van der Waals surface area contributed by atoms with E-state index in [2.05, 4.69) is 0 Å². The molecule has 136 valence electrons. The van der Waals surface area contributed by atoms with Gasteiger partial charge in [0.25, 0.3) is 0 Å². The third-order valence-corrected chi connectivity index (χ3v) is 4.50. The Kier molecular flexibility index (Phi) is 10.8. The summed E-state index contributed by atoms with van der Waals surface area (Å²) in [5, 5.41) is 34.8. The van der Waals surface area contributed by atoms with Gasteiger partial charge >= 0.3 is 11.9 Å². The molecular formula is C17H32O6. The average molecular weight is 332 g/mol. The zero-order valence-corrected chi connectivity index (χ0v) is 14.3. The van der Waals surface area contributed by atoms with Crippen LogP contribution in [0, 0.1) is 17.3 Å². The number of rotatable bonds is 8. The molecule has 6 heteroatoms. The number of hydrogen-bond donors (Lipinski definition) is 4. The Balaban J connectivity index is 0.000000841. The van der Waals surface area contributed by atoms with Crippen LogP contribution < -0.4 is 0 Å². The molecule has 0 aliphatic heterocycles. The summed E-state index contributed by atoms with van der Waals surface area (Å²) in [6.45, 7) is 4.18. The van der Waals surface area contributed by atoms with Gasteiger partial charge in [0.15, 0.2) is 5.41 Å². The Hall–Kier alpha value is -1.14. The molecule has 0 spiro atoms. The summed E-state index contributed by atoms with van der Waals surface area (Å²) in [5.74, 6) is -2.18. The van der Waals surface area contributed by atoms with E-state index in [0.717, 1.165) is 32.1 Å². The van der Waals surface area contributed by atoms with Gasteiger partial charge in [-0.25, -0.2) is 0 Å². The van der Waals surface area contributed by atoms with Gasteiger partial charge in [-0.2, -0.15) is 0 Å². The zero-order valence-electron chi connectivity index (χ0n) is 14.3. The van der Waals surface area contributed by atoms with Crippen molar-refractivity contribution < 1.29 is 30.0 Å². The monoisotopic (exact) mass is 332 g/mol. The van der Waals surface area contributed by atoms with Crippen LogP contribution in [0.15, 0.2) is 0 Å². The number of carboxylic acid groups (broad SMARTS) is 2. The quantitative estimate of drug-likeness (QED) is 0.508. The molecule has 4 N–H and O–H groups in total. The highest BCUT2D eigenvalue weighted by molar-refractivity contribution is 5.98. The van der Waals surface area contributed by atoms with Gasteiger partial charge in [0, 0.05) is 13.2 Å². The highest BCUT2D eigenvalue weighted by atomic mass is 16.4. The summed E-state index contributed by atoms with van der Waals surface area (Å²) in [4.78, 5) is 23.2. The molecule has 0 amide bonds. The molecule has 6 nitrogen and oxygen atoms in total. The van der Waals surface area contributed by atoms with E-state index < -0.39 is 17.4 Å². The lowest BCUT2D eigenvalue weighted by Gasteiger charge is -2.36. The van der Waals surface area contributed by atoms with Crippen molar-refractivity contribution in [3.63, 3.8) is 0 Å². The lowest BCUT2D eigenvalue weighted by atomic mass is 9.65. The van der Waals surface area contributed by atoms with Gasteiger partial charge in [0.2, 0.25) is 0 Å². The van der Waals surface area contributed by atoms with E-state index in [4.69, 9.17) is 10.2 Å². The van der Waals surface area contributed by atoms with Gasteiger partial charge in [-0.15, -0.1) is 0 Å².